The maximum atomic E-state index is 11.4. The van der Waals surface area contributed by atoms with Gasteiger partial charge < -0.3 is 0 Å². The highest BCUT2D eigenvalue weighted by Gasteiger charge is 2.03. The lowest BCUT2D eigenvalue weighted by Crippen LogP contribution is -1.92. The molecule has 2 aromatic carbocycles. The molecule has 0 amide bonds. The number of carbonyl (C=O) groups excluding carboxylic acids is 1. The molecule has 0 N–H and O–H groups in total. The molecule has 84 valence electrons. The molecule has 0 aliphatic heterocycles. The number of nitrogens with zero attached hydrogens (tertiary/aromatic N) is 1. The van der Waals surface area contributed by atoms with E-state index in [1.807, 2.05) is 48.5 Å². The summed E-state index contributed by atoms with van der Waals surface area (Å²) in [6.07, 6.45) is 1.77. The van der Waals surface area contributed by atoms with Crippen LogP contribution in [0.5, 0.6) is 0 Å². The van der Waals surface area contributed by atoms with E-state index >= 15 is 0 Å². The Morgan fingerprint density at radius 1 is 1.00 bits per heavy atom. The Hall–Kier alpha value is -2.22. The van der Waals surface area contributed by atoms with Crippen molar-refractivity contribution in [3.63, 3.8) is 0 Å². The summed E-state index contributed by atoms with van der Waals surface area (Å²) in [6.45, 7) is 1.55. The van der Waals surface area contributed by atoms with Gasteiger partial charge in [0.1, 0.15) is 0 Å². The molecule has 0 aromatic heterocycles. The first-order chi connectivity index (χ1) is 8.27. The molecule has 17 heavy (non-hydrogen) atoms. The summed E-state index contributed by atoms with van der Waals surface area (Å²) < 4.78 is 0. The second-order valence-electron chi connectivity index (χ2n) is 3.74. The van der Waals surface area contributed by atoms with Crippen molar-refractivity contribution in [3.05, 3.63) is 65.7 Å². The van der Waals surface area contributed by atoms with E-state index in [2.05, 4.69) is 4.99 Å². The zero-order valence-electron chi connectivity index (χ0n) is 9.63. The summed E-state index contributed by atoms with van der Waals surface area (Å²) in [5.41, 5.74) is 2.38. The SMILES string of the molecule is CC(=O)c1ccccc1N=Cc1ccccc1. The molecule has 2 heteroatoms. The Balaban J connectivity index is 2.30. The fourth-order valence-electron chi connectivity index (χ4n) is 1.57. The fraction of sp³-hybridized carbons (Fsp3) is 0.0667. The highest BCUT2D eigenvalue weighted by molar-refractivity contribution is 5.99. The molecule has 2 rings (SSSR count). The van der Waals surface area contributed by atoms with Gasteiger partial charge in [-0.1, -0.05) is 42.5 Å². The van der Waals surface area contributed by atoms with Crippen LogP contribution in [0.4, 0.5) is 5.69 Å². The molecule has 0 saturated carbocycles. The number of ketones is 1. The van der Waals surface area contributed by atoms with Crippen molar-refractivity contribution < 1.29 is 4.79 Å². The number of hydrogen-bond donors (Lipinski definition) is 0. The van der Waals surface area contributed by atoms with E-state index in [1.165, 1.54) is 0 Å². The predicted molar refractivity (Wildman–Crippen MR) is 70.1 cm³/mol. The molecule has 0 fully saturated rings. The zero-order chi connectivity index (χ0) is 12.1. The van der Waals surface area contributed by atoms with Gasteiger partial charge in [0.05, 0.1) is 5.69 Å². The number of Topliss-reactive ketones (excluding diaryl/α,β-unsaturated/α-hetero) is 1. The van der Waals surface area contributed by atoms with Crippen molar-refractivity contribution in [2.45, 2.75) is 6.92 Å². The standard InChI is InChI=1S/C15H13NO/c1-12(17)14-9-5-6-10-15(14)16-11-13-7-3-2-4-8-13/h2-11H,1H3. The predicted octanol–water partition coefficient (Wildman–Crippen LogP) is 3.64. The second kappa shape index (κ2) is 5.21. The monoisotopic (exact) mass is 223 g/mol. The average Bonchev–Trinajstić information content (AvgIpc) is 2.38. The minimum absolute atomic E-state index is 0.0332. The number of aliphatic imine (C=N–C) groups is 1. The van der Waals surface area contributed by atoms with Crippen LogP contribution in [0, 0.1) is 0 Å². The van der Waals surface area contributed by atoms with Gasteiger partial charge in [-0.2, -0.15) is 0 Å². The maximum Gasteiger partial charge on any atom is 0.161 e. The van der Waals surface area contributed by atoms with E-state index in [-0.39, 0.29) is 5.78 Å². The number of rotatable bonds is 3. The lowest BCUT2D eigenvalue weighted by molar-refractivity contribution is 0.101. The third-order valence-corrected chi connectivity index (χ3v) is 2.44. The van der Waals surface area contributed by atoms with Gasteiger partial charge in [0.15, 0.2) is 5.78 Å². The Morgan fingerprint density at radius 2 is 1.65 bits per heavy atom. The molecule has 0 saturated heterocycles. The van der Waals surface area contributed by atoms with Crippen LogP contribution < -0.4 is 0 Å². The summed E-state index contributed by atoms with van der Waals surface area (Å²) in [7, 11) is 0. The minimum Gasteiger partial charge on any atom is -0.294 e. The highest BCUT2D eigenvalue weighted by atomic mass is 16.1. The van der Waals surface area contributed by atoms with Gasteiger partial charge in [-0.25, -0.2) is 0 Å². The number of hydrogen-bond acceptors (Lipinski definition) is 2. The molecule has 2 nitrogen and oxygen atoms in total. The van der Waals surface area contributed by atoms with Crippen LogP contribution in [-0.2, 0) is 0 Å². The van der Waals surface area contributed by atoms with E-state index < -0.39 is 0 Å². The van der Waals surface area contributed by atoms with Crippen LogP contribution in [-0.4, -0.2) is 12.0 Å². The largest absolute Gasteiger partial charge is 0.294 e. The molecule has 0 atom stereocenters. The normalized spacial score (nSPS) is 10.6. The van der Waals surface area contributed by atoms with Crippen LogP contribution in [0.2, 0.25) is 0 Å². The van der Waals surface area contributed by atoms with Crippen molar-refractivity contribution in [2.75, 3.05) is 0 Å². The van der Waals surface area contributed by atoms with Gasteiger partial charge in [0.2, 0.25) is 0 Å². The van der Waals surface area contributed by atoms with Gasteiger partial charge in [0, 0.05) is 11.8 Å². The van der Waals surface area contributed by atoms with Gasteiger partial charge in [0.25, 0.3) is 0 Å². The van der Waals surface area contributed by atoms with Gasteiger partial charge in [-0.15, -0.1) is 0 Å². The van der Waals surface area contributed by atoms with E-state index in [1.54, 1.807) is 19.2 Å². The van der Waals surface area contributed by atoms with Crippen molar-refractivity contribution in [1.82, 2.24) is 0 Å². The van der Waals surface area contributed by atoms with Gasteiger partial charge in [-0.05, 0) is 24.6 Å². The Labute approximate surface area is 101 Å². The highest BCUT2D eigenvalue weighted by Crippen LogP contribution is 2.18. The van der Waals surface area contributed by atoms with E-state index in [9.17, 15) is 4.79 Å². The number of benzene rings is 2. The lowest BCUT2D eigenvalue weighted by atomic mass is 10.1. The van der Waals surface area contributed by atoms with E-state index in [0.29, 0.717) is 11.3 Å². The van der Waals surface area contributed by atoms with Gasteiger partial charge >= 0.3 is 0 Å². The van der Waals surface area contributed by atoms with Crippen LogP contribution in [0.1, 0.15) is 22.8 Å². The zero-order valence-corrected chi connectivity index (χ0v) is 9.63. The topological polar surface area (TPSA) is 29.4 Å². The van der Waals surface area contributed by atoms with Gasteiger partial charge in [-0.3, -0.25) is 9.79 Å². The molecule has 0 radical (unpaired) electrons. The Morgan fingerprint density at radius 3 is 2.35 bits per heavy atom. The Kier molecular flexibility index (Phi) is 3.46. The molecular formula is C15H13NO. The quantitative estimate of drug-likeness (QED) is 0.577. The van der Waals surface area contributed by atoms with E-state index in [0.717, 1.165) is 5.56 Å². The van der Waals surface area contributed by atoms with Crippen LogP contribution >= 0.6 is 0 Å². The smallest absolute Gasteiger partial charge is 0.161 e. The average molecular weight is 223 g/mol. The van der Waals surface area contributed by atoms with Crippen molar-refractivity contribution in [1.29, 1.82) is 0 Å². The van der Waals surface area contributed by atoms with E-state index in [4.69, 9.17) is 0 Å². The first kappa shape index (κ1) is 11.3. The summed E-state index contributed by atoms with van der Waals surface area (Å²) >= 11 is 0. The molecular weight excluding hydrogens is 210 g/mol. The molecule has 2 aromatic rings. The minimum atomic E-state index is 0.0332. The van der Waals surface area contributed by atoms with Crippen molar-refractivity contribution in [2.24, 2.45) is 4.99 Å². The fourth-order valence-corrected chi connectivity index (χ4v) is 1.57. The summed E-state index contributed by atoms with van der Waals surface area (Å²) in [4.78, 5) is 15.8. The third kappa shape index (κ3) is 2.88. The summed E-state index contributed by atoms with van der Waals surface area (Å²) in [5.74, 6) is 0.0332. The molecule has 0 bridgehead atoms. The second-order valence-corrected chi connectivity index (χ2v) is 3.74. The summed E-state index contributed by atoms with van der Waals surface area (Å²) in [6, 6.07) is 17.2. The molecule has 0 heterocycles. The maximum absolute atomic E-state index is 11.4. The first-order valence-electron chi connectivity index (χ1n) is 5.46. The number of para-hydroxylation sites is 1. The van der Waals surface area contributed by atoms with Crippen molar-refractivity contribution >= 4 is 17.7 Å². The molecule has 0 spiro atoms. The summed E-state index contributed by atoms with van der Waals surface area (Å²) in [5, 5.41) is 0. The van der Waals surface area contributed by atoms with Crippen LogP contribution in [0.25, 0.3) is 0 Å². The number of carbonyl (C=O) groups is 1. The first-order valence-corrected chi connectivity index (χ1v) is 5.46. The van der Waals surface area contributed by atoms with Crippen LogP contribution in [0.15, 0.2) is 59.6 Å². The Bertz CT molecular complexity index is 544. The molecule has 0 aliphatic rings. The van der Waals surface area contributed by atoms with Crippen molar-refractivity contribution in [3.8, 4) is 0 Å². The molecule has 0 aliphatic carbocycles. The van der Waals surface area contributed by atoms with Crippen LogP contribution in [0.3, 0.4) is 0 Å². The molecule has 0 unspecified atom stereocenters. The lowest BCUT2D eigenvalue weighted by Gasteiger charge is -2.00. The third-order valence-electron chi connectivity index (χ3n) is 2.44.